The second-order valence-electron chi connectivity index (χ2n) is 20.5. The molecule has 0 N–H and O–H groups in total. The summed E-state index contributed by atoms with van der Waals surface area (Å²) in [6.45, 7) is 23.5. The summed E-state index contributed by atoms with van der Waals surface area (Å²) in [5.41, 5.74) is 25.1. The van der Waals surface area contributed by atoms with Crippen LogP contribution in [0.2, 0.25) is 0 Å². The Hall–Kier alpha value is -8.29. The van der Waals surface area contributed by atoms with Crippen LogP contribution >= 0.6 is 0 Å². The van der Waals surface area contributed by atoms with Gasteiger partial charge < -0.3 is 0 Å². The molecule has 7 heteroatoms. The van der Waals surface area contributed by atoms with E-state index in [1.807, 2.05) is 37.4 Å². The Kier molecular flexibility index (Phi) is 20.7. The van der Waals surface area contributed by atoms with Crippen LogP contribution in [0.3, 0.4) is 0 Å². The van der Waals surface area contributed by atoms with Crippen LogP contribution in [-0.2, 0) is 35.2 Å². The lowest BCUT2D eigenvalue weighted by Crippen LogP contribution is -2.30. The number of benzene rings is 3. The van der Waals surface area contributed by atoms with Gasteiger partial charge in [0.05, 0.1) is 22.5 Å². The Bertz CT molecular complexity index is 3490. The molecule has 0 unspecified atom stereocenters. The molecule has 0 spiro atoms. The van der Waals surface area contributed by atoms with Crippen molar-refractivity contribution in [2.45, 2.75) is 82.1 Å². The van der Waals surface area contributed by atoms with Gasteiger partial charge in [-0.3, -0.25) is 9.97 Å². The molecule has 10 aromatic rings. The zero-order chi connectivity index (χ0) is 55.8. The van der Waals surface area contributed by atoms with Crippen molar-refractivity contribution in [3.8, 4) is 56.3 Å². The Balaban J connectivity index is 0.000000156. The average Bonchev–Trinajstić information content (AvgIpc) is 3.40. The highest BCUT2D eigenvalue weighted by atomic mass is 14.9. The van der Waals surface area contributed by atoms with Crippen molar-refractivity contribution < 1.29 is 22.8 Å². The third-order valence-corrected chi connectivity index (χ3v) is 13.9. The summed E-state index contributed by atoms with van der Waals surface area (Å²) in [6, 6.07) is 57.3. The number of hydrogen-bond donors (Lipinski definition) is 0. The summed E-state index contributed by atoms with van der Waals surface area (Å²) in [7, 11) is 10.4. The minimum atomic E-state index is 0.590. The second-order valence-corrected chi connectivity index (χ2v) is 20.5. The van der Waals surface area contributed by atoms with Gasteiger partial charge in [-0.1, -0.05) is 61.9 Å². The summed E-state index contributed by atoms with van der Waals surface area (Å²) in [6.07, 6.45) is 12.2. The lowest BCUT2D eigenvalue weighted by molar-refractivity contribution is -0.660. The number of hydrogen-bond acceptors (Lipinski definition) is 2. The molecule has 7 aromatic heterocycles. The van der Waals surface area contributed by atoms with Gasteiger partial charge in [0, 0.05) is 89.2 Å². The predicted octanol–water partition coefficient (Wildman–Crippen LogP) is 13.6. The number of aromatic nitrogens is 7. The summed E-state index contributed by atoms with van der Waals surface area (Å²) in [5, 5.41) is 0. The maximum Gasteiger partial charge on any atom is 0.214 e. The highest BCUT2D eigenvalue weighted by Gasteiger charge is 2.17. The first-order valence-electron chi connectivity index (χ1n) is 26.7. The first kappa shape index (κ1) is 58.0. The molecule has 10 rings (SSSR count). The van der Waals surface area contributed by atoms with Gasteiger partial charge in [-0.15, -0.1) is 0 Å². The van der Waals surface area contributed by atoms with Crippen LogP contribution in [0.15, 0.2) is 201 Å². The van der Waals surface area contributed by atoms with E-state index >= 15 is 0 Å². The van der Waals surface area contributed by atoms with Gasteiger partial charge >= 0.3 is 0 Å². The fraction of sp³-hybridized carbons (Fsp3) is 0.243. The maximum absolute atomic E-state index is 4.54. The van der Waals surface area contributed by atoms with Crippen molar-refractivity contribution in [1.82, 2.24) is 9.97 Å². The average molecular weight is 1020 g/mol. The normalized spacial score (nSPS) is 10.5. The number of nitrogens with zero attached hydrogens (tertiary/aromatic N) is 7. The van der Waals surface area contributed by atoms with E-state index in [0.29, 0.717) is 5.92 Å². The molecule has 7 heterocycles. The van der Waals surface area contributed by atoms with E-state index in [1.165, 1.54) is 95.2 Å². The Labute approximate surface area is 461 Å². The first-order chi connectivity index (χ1) is 36.9. The molecule has 77 heavy (non-hydrogen) atoms. The summed E-state index contributed by atoms with van der Waals surface area (Å²) in [4.78, 5) is 8.88. The SMILES string of the molecule is Cc1cc(C(C)C)ccc1-c1cccc[n+]1C.Cc1cc(C)c(-c2cccc[n+]2C)c(C)n1.Cc1ccc(-c2cccc[n+]2C)c(C)c1.Cc1ccccc1-c1cccc[n+]1C.Cc1ccnc(C)c1-c1cccc[n+]1C. The van der Waals surface area contributed by atoms with Crippen molar-refractivity contribution in [2.24, 2.45) is 35.2 Å². The Morgan fingerprint density at radius 3 is 1.14 bits per heavy atom. The molecular formula is C70H82N7+5. The highest BCUT2D eigenvalue weighted by Crippen LogP contribution is 2.27. The molecule has 0 aliphatic rings. The second kappa shape index (κ2) is 27.5. The molecule has 0 saturated heterocycles. The van der Waals surface area contributed by atoms with Gasteiger partial charge in [-0.05, 0) is 162 Å². The molecule has 0 amide bonds. The van der Waals surface area contributed by atoms with Crippen molar-refractivity contribution in [3.63, 3.8) is 0 Å². The van der Waals surface area contributed by atoms with E-state index in [9.17, 15) is 0 Å². The van der Waals surface area contributed by atoms with Crippen molar-refractivity contribution in [3.05, 3.63) is 257 Å². The highest BCUT2D eigenvalue weighted by molar-refractivity contribution is 5.65. The first-order valence-corrected chi connectivity index (χ1v) is 26.7. The molecule has 0 saturated carbocycles. The monoisotopic (exact) mass is 1020 g/mol. The van der Waals surface area contributed by atoms with Gasteiger partial charge in [-0.2, -0.15) is 0 Å². The van der Waals surface area contributed by atoms with Crippen LogP contribution < -0.4 is 22.8 Å². The minimum absolute atomic E-state index is 0.590. The van der Waals surface area contributed by atoms with Gasteiger partial charge in [-0.25, -0.2) is 22.8 Å². The van der Waals surface area contributed by atoms with Crippen LogP contribution in [-0.4, -0.2) is 9.97 Å². The van der Waals surface area contributed by atoms with Crippen molar-refractivity contribution >= 4 is 0 Å². The lowest BCUT2D eigenvalue weighted by Gasteiger charge is -2.09. The van der Waals surface area contributed by atoms with Crippen LogP contribution in [0.25, 0.3) is 56.3 Å². The van der Waals surface area contributed by atoms with Gasteiger partial charge in [0.15, 0.2) is 31.0 Å². The Morgan fingerprint density at radius 2 is 0.740 bits per heavy atom. The smallest absolute Gasteiger partial charge is 0.214 e. The van der Waals surface area contributed by atoms with E-state index in [-0.39, 0.29) is 0 Å². The van der Waals surface area contributed by atoms with E-state index < -0.39 is 0 Å². The minimum Gasteiger partial charge on any atom is -0.261 e. The molecule has 0 fully saturated rings. The molecule has 0 radical (unpaired) electrons. The van der Waals surface area contributed by atoms with Gasteiger partial charge in [0.2, 0.25) is 28.5 Å². The summed E-state index contributed by atoms with van der Waals surface area (Å²) >= 11 is 0. The maximum atomic E-state index is 4.54. The molecule has 0 bridgehead atoms. The van der Waals surface area contributed by atoms with Crippen LogP contribution in [0, 0.1) is 62.3 Å². The quantitative estimate of drug-likeness (QED) is 0.156. The Morgan fingerprint density at radius 1 is 0.338 bits per heavy atom. The zero-order valence-corrected chi connectivity index (χ0v) is 48.8. The van der Waals surface area contributed by atoms with Crippen LogP contribution in [0.5, 0.6) is 0 Å². The van der Waals surface area contributed by atoms with Crippen molar-refractivity contribution in [2.75, 3.05) is 0 Å². The fourth-order valence-electron chi connectivity index (χ4n) is 9.76. The third-order valence-electron chi connectivity index (χ3n) is 13.9. The zero-order valence-electron chi connectivity index (χ0n) is 48.8. The molecule has 392 valence electrons. The topological polar surface area (TPSA) is 45.2 Å². The van der Waals surface area contributed by atoms with E-state index in [2.05, 4.69) is 308 Å². The van der Waals surface area contributed by atoms with Crippen molar-refractivity contribution in [1.29, 1.82) is 0 Å². The van der Waals surface area contributed by atoms with E-state index in [1.54, 1.807) is 0 Å². The molecule has 0 atom stereocenters. The number of rotatable bonds is 6. The summed E-state index contributed by atoms with van der Waals surface area (Å²) in [5.74, 6) is 0.590. The molecule has 0 aliphatic heterocycles. The van der Waals surface area contributed by atoms with E-state index in [0.717, 1.165) is 17.1 Å². The lowest BCUT2D eigenvalue weighted by atomic mass is 9.96. The largest absolute Gasteiger partial charge is 0.261 e. The van der Waals surface area contributed by atoms with Crippen LogP contribution in [0.1, 0.15) is 75.8 Å². The molecule has 3 aromatic carbocycles. The predicted molar refractivity (Wildman–Crippen MR) is 318 cm³/mol. The molecule has 0 aliphatic carbocycles. The molecule has 7 nitrogen and oxygen atoms in total. The summed E-state index contributed by atoms with van der Waals surface area (Å²) < 4.78 is 10.7. The number of pyridine rings is 7. The standard InChI is InChI=1S/C16H20N.C14H17N2.C14H16N.C13H15N2.C13H14N/c1-12(2)14-8-9-15(13(3)11-14)16-7-5-6-10-17(16)4;1-10-9-11(2)15-12(3)14(10)13-7-5-6-8-16(13)4;1-11-7-8-13(12(2)10-11)14-6-4-5-9-15(14)3;1-10-7-8-14-11(2)13(10)12-6-4-5-9-15(12)3;1-11-7-3-4-8-12(11)13-9-5-6-10-14(13)2/h5-12H,1-4H3;5-9H,1-4H3;4-10H,1-3H3;4-9H,1-3H3;3-10H,1-2H3/q5*+1. The van der Waals surface area contributed by atoms with E-state index in [4.69, 9.17) is 0 Å². The van der Waals surface area contributed by atoms with Gasteiger partial charge in [0.1, 0.15) is 35.2 Å². The van der Waals surface area contributed by atoms with Crippen LogP contribution in [0.4, 0.5) is 0 Å². The third kappa shape index (κ3) is 15.4. The number of aryl methyl sites for hydroxylation is 14. The fourth-order valence-corrected chi connectivity index (χ4v) is 9.76. The molecular weight excluding hydrogens is 939 g/mol. The van der Waals surface area contributed by atoms with Gasteiger partial charge in [0.25, 0.3) is 0 Å².